The van der Waals surface area contributed by atoms with Crippen molar-refractivity contribution in [2.45, 2.75) is 19.0 Å². The number of benzene rings is 2. The minimum absolute atomic E-state index is 0.210. The smallest absolute Gasteiger partial charge is 0.212 e. The summed E-state index contributed by atoms with van der Waals surface area (Å²) in [5.41, 5.74) is 13.4. The van der Waals surface area contributed by atoms with Crippen molar-refractivity contribution in [1.82, 2.24) is 14.5 Å². The van der Waals surface area contributed by atoms with E-state index in [-0.39, 0.29) is 6.17 Å². The van der Waals surface area contributed by atoms with Crippen molar-refractivity contribution in [1.29, 1.82) is 0 Å². The molecule has 2 aliphatic heterocycles. The van der Waals surface area contributed by atoms with Crippen LogP contribution in [0, 0.1) is 0 Å². The summed E-state index contributed by atoms with van der Waals surface area (Å²) in [7, 11) is 0. The monoisotopic (exact) mass is 426 g/mol. The number of rotatable bonds is 3. The summed E-state index contributed by atoms with van der Waals surface area (Å²) in [6.45, 7) is 3.25. The molecule has 3 aliphatic rings. The summed E-state index contributed by atoms with van der Waals surface area (Å²) in [5, 5.41) is 3.16. The summed E-state index contributed by atoms with van der Waals surface area (Å²) < 4.78 is 7.84. The van der Waals surface area contributed by atoms with Gasteiger partial charge >= 0.3 is 0 Å². The average Bonchev–Trinajstić information content (AvgIpc) is 3.41. The first-order valence-electron chi connectivity index (χ1n) is 11.2. The minimum atomic E-state index is -0.210. The molecule has 1 fully saturated rings. The molecule has 3 aromatic rings. The lowest BCUT2D eigenvalue weighted by atomic mass is 10.1. The number of fused-ring (bicyclic) bond motifs is 3. The Hall–Kier alpha value is -3.58. The molecule has 0 spiro atoms. The number of aromatic nitrogens is 2. The SMILES string of the molecule is NC1=NC(C2=C(N3CCOCC3)/C(=C/c3ccccc3)CC2)n2c(nc3ccccc32)N1. The van der Waals surface area contributed by atoms with Crippen LogP contribution in [-0.2, 0) is 4.74 Å². The van der Waals surface area contributed by atoms with Crippen LogP contribution in [0.1, 0.15) is 24.6 Å². The Balaban J connectivity index is 1.52. The van der Waals surface area contributed by atoms with E-state index in [0.29, 0.717) is 5.96 Å². The fraction of sp³-hybridized carbons (Fsp3) is 0.280. The first kappa shape index (κ1) is 19.1. The molecule has 7 heteroatoms. The first-order valence-corrected chi connectivity index (χ1v) is 11.2. The molecule has 1 saturated heterocycles. The van der Waals surface area contributed by atoms with Crippen LogP contribution in [0.25, 0.3) is 17.1 Å². The second-order valence-electron chi connectivity index (χ2n) is 8.36. The molecular weight excluding hydrogens is 400 g/mol. The van der Waals surface area contributed by atoms with Gasteiger partial charge in [0.05, 0.1) is 24.2 Å². The molecule has 3 heterocycles. The van der Waals surface area contributed by atoms with Crippen LogP contribution < -0.4 is 11.1 Å². The highest BCUT2D eigenvalue weighted by atomic mass is 16.5. The number of anilines is 1. The van der Waals surface area contributed by atoms with Gasteiger partial charge in [-0.05, 0) is 47.8 Å². The zero-order valence-electron chi connectivity index (χ0n) is 17.9. The van der Waals surface area contributed by atoms with Crippen LogP contribution in [0.3, 0.4) is 0 Å². The van der Waals surface area contributed by atoms with E-state index in [9.17, 15) is 0 Å². The average molecular weight is 427 g/mol. The number of hydrogen-bond acceptors (Lipinski definition) is 6. The Morgan fingerprint density at radius 3 is 2.62 bits per heavy atom. The summed E-state index contributed by atoms with van der Waals surface area (Å²) in [6.07, 6.45) is 4.04. The third-order valence-electron chi connectivity index (χ3n) is 6.39. The van der Waals surface area contributed by atoms with Crippen molar-refractivity contribution in [2.75, 3.05) is 31.6 Å². The Morgan fingerprint density at radius 2 is 1.78 bits per heavy atom. The number of para-hydroxylation sites is 2. The molecule has 1 aliphatic carbocycles. The van der Waals surface area contributed by atoms with Crippen LogP contribution in [0.5, 0.6) is 0 Å². The standard InChI is InChI=1S/C25H26N6O/c26-24-28-23(31-21-9-5-4-8-20(21)27-25(31)29-24)19-11-10-18(16-17-6-2-1-3-7-17)22(19)30-12-14-32-15-13-30/h1-9,16,23H,10-15H2,(H3,26,27,28,29)/b18-16+. The van der Waals surface area contributed by atoms with Crippen LogP contribution in [-0.4, -0.2) is 46.7 Å². The van der Waals surface area contributed by atoms with Crippen molar-refractivity contribution < 1.29 is 4.74 Å². The van der Waals surface area contributed by atoms with Gasteiger partial charge < -0.3 is 15.4 Å². The molecule has 1 aromatic heterocycles. The first-order chi connectivity index (χ1) is 15.8. The van der Waals surface area contributed by atoms with Crippen LogP contribution >= 0.6 is 0 Å². The van der Waals surface area contributed by atoms with Crippen molar-refractivity contribution in [3.05, 3.63) is 77.0 Å². The maximum Gasteiger partial charge on any atom is 0.212 e. The molecule has 2 aromatic carbocycles. The zero-order chi connectivity index (χ0) is 21.5. The molecule has 162 valence electrons. The highest BCUT2D eigenvalue weighted by Crippen LogP contribution is 2.44. The number of aliphatic imine (C=N–C) groups is 1. The number of morpholine rings is 1. The Kier molecular flexibility index (Phi) is 4.69. The fourth-order valence-corrected chi connectivity index (χ4v) is 5.00. The predicted octanol–water partition coefficient (Wildman–Crippen LogP) is 3.74. The van der Waals surface area contributed by atoms with E-state index < -0.39 is 0 Å². The molecular formula is C25H26N6O. The second-order valence-corrected chi connectivity index (χ2v) is 8.36. The van der Waals surface area contributed by atoms with Gasteiger partial charge in [-0.25, -0.2) is 9.98 Å². The van der Waals surface area contributed by atoms with Crippen molar-refractivity contribution in [3.63, 3.8) is 0 Å². The second kappa shape index (κ2) is 7.84. The predicted molar refractivity (Wildman–Crippen MR) is 127 cm³/mol. The van der Waals surface area contributed by atoms with Gasteiger partial charge in [0.1, 0.15) is 0 Å². The number of imidazole rings is 1. The van der Waals surface area contributed by atoms with Gasteiger partial charge in [-0.15, -0.1) is 0 Å². The fourth-order valence-electron chi connectivity index (χ4n) is 5.00. The van der Waals surface area contributed by atoms with E-state index >= 15 is 0 Å². The van der Waals surface area contributed by atoms with E-state index in [1.807, 2.05) is 18.2 Å². The molecule has 0 amide bonds. The lowest BCUT2D eigenvalue weighted by Gasteiger charge is -2.33. The maximum absolute atomic E-state index is 6.23. The Bertz CT molecular complexity index is 1250. The third kappa shape index (κ3) is 3.26. The van der Waals surface area contributed by atoms with Crippen molar-refractivity contribution in [3.8, 4) is 0 Å². The van der Waals surface area contributed by atoms with Gasteiger partial charge in [-0.1, -0.05) is 42.5 Å². The number of nitrogens with two attached hydrogens (primary N) is 1. The number of hydrogen-bond donors (Lipinski definition) is 2. The van der Waals surface area contributed by atoms with Gasteiger partial charge in [0.2, 0.25) is 5.95 Å². The van der Waals surface area contributed by atoms with Crippen molar-refractivity contribution in [2.24, 2.45) is 10.7 Å². The summed E-state index contributed by atoms with van der Waals surface area (Å²) in [5.74, 6) is 1.16. The maximum atomic E-state index is 6.23. The van der Waals surface area contributed by atoms with Gasteiger partial charge in [0, 0.05) is 18.8 Å². The van der Waals surface area contributed by atoms with E-state index in [1.54, 1.807) is 0 Å². The molecule has 0 bridgehead atoms. The Labute approximate surface area is 186 Å². The van der Waals surface area contributed by atoms with E-state index in [0.717, 1.165) is 56.1 Å². The van der Waals surface area contributed by atoms with Gasteiger partial charge in [-0.3, -0.25) is 9.88 Å². The third-order valence-corrected chi connectivity index (χ3v) is 6.39. The quantitative estimate of drug-likeness (QED) is 0.667. The van der Waals surface area contributed by atoms with Gasteiger partial charge in [0.25, 0.3) is 0 Å². The molecule has 32 heavy (non-hydrogen) atoms. The van der Waals surface area contributed by atoms with E-state index in [4.69, 9.17) is 20.4 Å². The number of allylic oxidation sites excluding steroid dienone is 1. The lowest BCUT2D eigenvalue weighted by molar-refractivity contribution is 0.0544. The Morgan fingerprint density at radius 1 is 1.00 bits per heavy atom. The van der Waals surface area contributed by atoms with Gasteiger partial charge in [0.15, 0.2) is 12.1 Å². The highest BCUT2D eigenvalue weighted by molar-refractivity contribution is 5.94. The number of nitrogens with one attached hydrogen (secondary N) is 1. The van der Waals surface area contributed by atoms with Crippen LogP contribution in [0.15, 0.2) is 76.4 Å². The van der Waals surface area contributed by atoms with Gasteiger partial charge in [-0.2, -0.15) is 0 Å². The van der Waals surface area contributed by atoms with Crippen molar-refractivity contribution >= 4 is 29.0 Å². The number of nitrogens with zero attached hydrogens (tertiary/aromatic N) is 4. The molecule has 0 radical (unpaired) electrons. The lowest BCUT2D eigenvalue weighted by Crippen LogP contribution is -2.37. The molecule has 7 nitrogen and oxygen atoms in total. The zero-order valence-corrected chi connectivity index (χ0v) is 17.9. The van der Waals surface area contributed by atoms with E-state index in [2.05, 4.69) is 57.3 Å². The summed E-state index contributed by atoms with van der Waals surface area (Å²) >= 11 is 0. The molecule has 0 saturated carbocycles. The normalized spacial score (nSPS) is 22.2. The summed E-state index contributed by atoms with van der Waals surface area (Å²) in [4.78, 5) is 12.1. The summed E-state index contributed by atoms with van der Waals surface area (Å²) in [6, 6.07) is 18.7. The minimum Gasteiger partial charge on any atom is -0.378 e. The molecule has 6 rings (SSSR count). The van der Waals surface area contributed by atoms with Crippen LogP contribution in [0.4, 0.5) is 5.95 Å². The highest BCUT2D eigenvalue weighted by Gasteiger charge is 2.34. The largest absolute Gasteiger partial charge is 0.378 e. The van der Waals surface area contributed by atoms with E-state index in [1.165, 1.54) is 22.4 Å². The molecule has 1 unspecified atom stereocenters. The molecule has 3 N–H and O–H groups in total. The number of guanidine groups is 1. The number of ether oxygens (including phenoxy) is 1. The topological polar surface area (TPSA) is 80.7 Å². The molecule has 1 atom stereocenters. The van der Waals surface area contributed by atoms with Crippen LogP contribution in [0.2, 0.25) is 0 Å².